The van der Waals surface area contributed by atoms with Crippen LogP contribution in [0, 0.1) is 6.85 Å². The van der Waals surface area contributed by atoms with Gasteiger partial charge >= 0.3 is 13.1 Å². The predicted molar refractivity (Wildman–Crippen MR) is 78.2 cm³/mol. The molecule has 0 spiro atoms. The van der Waals surface area contributed by atoms with E-state index in [4.69, 9.17) is 18.2 Å². The highest BCUT2D eigenvalue weighted by atomic mass is 16.7. The molecule has 5 heteroatoms. The third-order valence-corrected chi connectivity index (χ3v) is 3.96. The Morgan fingerprint density at radius 2 is 1.85 bits per heavy atom. The average Bonchev–Trinajstić information content (AvgIpc) is 2.65. The van der Waals surface area contributed by atoms with Gasteiger partial charge in [-0.3, -0.25) is 0 Å². The number of methoxy groups -OCH3 is 1. The van der Waals surface area contributed by atoms with Gasteiger partial charge in [-0.05, 0) is 46.1 Å². The van der Waals surface area contributed by atoms with Crippen molar-refractivity contribution in [3.05, 3.63) is 29.3 Å². The minimum atomic E-state index is -2.28. The van der Waals surface area contributed by atoms with E-state index in [2.05, 4.69) is 0 Å². The lowest BCUT2D eigenvalue weighted by atomic mass is 9.75. The smallest absolute Gasteiger partial charge is 0.465 e. The molecule has 0 amide bonds. The van der Waals surface area contributed by atoms with Crippen molar-refractivity contribution in [1.82, 2.24) is 0 Å². The minimum absolute atomic E-state index is 0.120. The second-order valence-corrected chi connectivity index (χ2v) is 5.88. The molecule has 1 saturated heterocycles. The summed E-state index contributed by atoms with van der Waals surface area (Å²) in [7, 11) is 0.435. The summed E-state index contributed by atoms with van der Waals surface area (Å²) in [5.74, 6) is -0.563. The third-order valence-electron chi connectivity index (χ3n) is 3.96. The highest BCUT2D eigenvalue weighted by Gasteiger charge is 2.52. The summed E-state index contributed by atoms with van der Waals surface area (Å²) < 4.78 is 39.3. The van der Waals surface area contributed by atoms with Crippen LogP contribution in [-0.4, -0.2) is 31.4 Å². The molecular weight excluding hydrogens is 255 g/mol. The van der Waals surface area contributed by atoms with Crippen LogP contribution in [0.3, 0.4) is 0 Å². The number of esters is 1. The molecule has 0 N–H and O–H groups in total. The van der Waals surface area contributed by atoms with Gasteiger partial charge in [0.25, 0.3) is 0 Å². The van der Waals surface area contributed by atoms with Crippen LogP contribution in [0.25, 0.3) is 0 Å². The largest absolute Gasteiger partial charge is 0.495 e. The lowest BCUT2D eigenvalue weighted by molar-refractivity contribution is 0.00578. The predicted octanol–water partition coefficient (Wildman–Crippen LogP) is 2.08. The Bertz CT molecular complexity index is 610. The van der Waals surface area contributed by atoms with Crippen molar-refractivity contribution in [2.75, 3.05) is 7.11 Å². The number of hydrogen-bond acceptors (Lipinski definition) is 4. The van der Waals surface area contributed by atoms with E-state index in [1.165, 1.54) is 25.3 Å². The van der Waals surface area contributed by atoms with Gasteiger partial charge in [-0.25, -0.2) is 4.79 Å². The molecule has 108 valence electrons. The van der Waals surface area contributed by atoms with E-state index in [9.17, 15) is 4.79 Å². The molecule has 0 bridgehead atoms. The Kier molecular flexibility index (Phi) is 2.78. The van der Waals surface area contributed by atoms with E-state index in [0.717, 1.165) is 0 Å². The first-order chi connectivity index (χ1) is 10.4. The maximum atomic E-state index is 12.0. The molecule has 1 aliphatic heterocycles. The van der Waals surface area contributed by atoms with E-state index in [1.807, 2.05) is 27.7 Å². The Balaban J connectivity index is 2.53. The average molecular weight is 279 g/mol. The van der Waals surface area contributed by atoms with Crippen molar-refractivity contribution in [2.24, 2.45) is 0 Å². The van der Waals surface area contributed by atoms with Crippen LogP contribution in [0.2, 0.25) is 0 Å². The molecule has 4 nitrogen and oxygen atoms in total. The van der Waals surface area contributed by atoms with Gasteiger partial charge in [-0.2, -0.15) is 0 Å². The summed E-state index contributed by atoms with van der Waals surface area (Å²) in [5.41, 5.74) is -0.472. The molecule has 0 radical (unpaired) electrons. The summed E-state index contributed by atoms with van der Waals surface area (Å²) in [4.78, 5) is 12.0. The molecule has 0 saturated carbocycles. The van der Waals surface area contributed by atoms with Crippen LogP contribution in [0.15, 0.2) is 18.2 Å². The molecule has 1 aromatic rings. The molecule has 0 aliphatic carbocycles. The van der Waals surface area contributed by atoms with Crippen LogP contribution in [-0.2, 0) is 14.0 Å². The molecule has 1 aliphatic rings. The molecule has 0 unspecified atom stereocenters. The Morgan fingerprint density at radius 1 is 1.25 bits per heavy atom. The van der Waals surface area contributed by atoms with Gasteiger partial charge in [0, 0.05) is 4.11 Å². The highest BCUT2D eigenvalue weighted by Crippen LogP contribution is 2.36. The molecule has 1 aromatic carbocycles. The van der Waals surface area contributed by atoms with Crippen LogP contribution >= 0.6 is 0 Å². The first kappa shape index (κ1) is 11.3. The zero-order valence-electron chi connectivity index (χ0n) is 15.4. The fraction of sp³-hybridized carbons (Fsp3) is 0.533. The Morgan fingerprint density at radius 3 is 2.35 bits per heavy atom. The van der Waals surface area contributed by atoms with Crippen molar-refractivity contribution in [2.45, 2.75) is 45.7 Å². The van der Waals surface area contributed by atoms with Crippen LogP contribution in [0.5, 0.6) is 0 Å². The zero-order valence-corrected chi connectivity index (χ0v) is 12.4. The summed E-state index contributed by atoms with van der Waals surface area (Å²) in [6.07, 6.45) is 0. The van der Waals surface area contributed by atoms with E-state index >= 15 is 0 Å². The monoisotopic (exact) mass is 279 g/mol. The van der Waals surface area contributed by atoms with Gasteiger partial charge in [-0.15, -0.1) is 0 Å². The summed E-state index contributed by atoms with van der Waals surface area (Å²) >= 11 is 0. The highest BCUT2D eigenvalue weighted by molar-refractivity contribution is 6.63. The molecule has 20 heavy (non-hydrogen) atoms. The molecule has 1 fully saturated rings. The van der Waals surface area contributed by atoms with Crippen molar-refractivity contribution < 1.29 is 23.0 Å². The number of aryl methyl sites for hydroxylation is 1. The second kappa shape index (κ2) is 4.90. The lowest BCUT2D eigenvalue weighted by Gasteiger charge is -2.32. The molecule has 0 atom stereocenters. The number of ether oxygens (including phenoxy) is 1. The van der Waals surface area contributed by atoms with Gasteiger partial charge in [0.1, 0.15) is 0 Å². The van der Waals surface area contributed by atoms with Gasteiger partial charge in [0.05, 0.1) is 23.9 Å². The molecule has 2 rings (SSSR count). The summed E-state index contributed by atoms with van der Waals surface area (Å²) in [6, 6.07) is 4.27. The lowest BCUT2D eigenvalue weighted by Crippen LogP contribution is -2.41. The van der Waals surface area contributed by atoms with Crippen LogP contribution < -0.4 is 5.46 Å². The fourth-order valence-electron chi connectivity index (χ4n) is 2.02. The van der Waals surface area contributed by atoms with E-state index in [1.54, 1.807) is 0 Å². The van der Waals surface area contributed by atoms with Crippen molar-refractivity contribution in [3.8, 4) is 0 Å². The SMILES string of the molecule is [2H]C([2H])([2H])c1ccc(C(=O)OC)c(B2OC(C)(C)C(C)(C)O2)c1. The van der Waals surface area contributed by atoms with Crippen molar-refractivity contribution in [3.63, 3.8) is 0 Å². The van der Waals surface area contributed by atoms with E-state index in [-0.39, 0.29) is 11.1 Å². The topological polar surface area (TPSA) is 44.8 Å². The summed E-state index contributed by atoms with van der Waals surface area (Å²) in [6.45, 7) is 5.26. The first-order valence-electron chi connectivity index (χ1n) is 7.97. The Hall–Kier alpha value is -1.33. The van der Waals surface area contributed by atoms with Crippen molar-refractivity contribution in [1.29, 1.82) is 0 Å². The Labute approximate surface area is 124 Å². The van der Waals surface area contributed by atoms with Gasteiger partial charge in [0.15, 0.2) is 0 Å². The third kappa shape index (κ3) is 2.48. The maximum absolute atomic E-state index is 12.0. The first-order valence-corrected chi connectivity index (χ1v) is 6.47. The number of benzene rings is 1. The molecule has 1 heterocycles. The van der Waals surface area contributed by atoms with Gasteiger partial charge < -0.3 is 14.0 Å². The molecular formula is C15H21BO4. The van der Waals surface area contributed by atoms with Gasteiger partial charge in [-0.1, -0.05) is 17.7 Å². The van der Waals surface area contributed by atoms with Crippen molar-refractivity contribution >= 4 is 18.6 Å². The number of carbonyl (C=O) groups is 1. The zero-order chi connectivity index (χ0) is 17.6. The normalized spacial score (nSPS) is 22.9. The maximum Gasteiger partial charge on any atom is 0.495 e. The van der Waals surface area contributed by atoms with E-state index < -0.39 is 31.1 Å². The molecule has 0 aromatic heterocycles. The number of hydrogen-bond donors (Lipinski definition) is 0. The quantitative estimate of drug-likeness (QED) is 0.614. The number of rotatable bonds is 2. The van der Waals surface area contributed by atoms with Crippen LogP contribution in [0.4, 0.5) is 0 Å². The summed E-state index contributed by atoms with van der Waals surface area (Å²) in [5, 5.41) is 0. The fourth-order valence-corrected chi connectivity index (χ4v) is 2.02. The number of carbonyl (C=O) groups excluding carboxylic acids is 1. The van der Waals surface area contributed by atoms with Crippen LogP contribution in [0.1, 0.15) is 47.7 Å². The standard InChI is InChI=1S/C15H21BO4/c1-10-7-8-11(13(17)18-6)12(9-10)16-19-14(2,3)15(4,5)20-16/h7-9H,1-6H3/i1D3. The van der Waals surface area contributed by atoms with E-state index in [0.29, 0.717) is 5.46 Å². The minimum Gasteiger partial charge on any atom is -0.465 e. The second-order valence-electron chi connectivity index (χ2n) is 5.88. The van der Waals surface area contributed by atoms with Gasteiger partial charge in [0.2, 0.25) is 0 Å².